The summed E-state index contributed by atoms with van der Waals surface area (Å²) in [5.41, 5.74) is 8.68. The number of hydrogen-bond acceptors (Lipinski definition) is 1. The minimum atomic E-state index is 1.02. The van der Waals surface area contributed by atoms with E-state index in [2.05, 4.69) is 62.3 Å². The first-order valence-electron chi connectivity index (χ1n) is 6.50. The molecule has 0 aromatic heterocycles. The van der Waals surface area contributed by atoms with Crippen molar-refractivity contribution < 1.29 is 0 Å². The maximum atomic E-state index is 2.32. The van der Waals surface area contributed by atoms with E-state index in [1.165, 1.54) is 33.4 Å². The van der Waals surface area contributed by atoms with Gasteiger partial charge in [-0.2, -0.15) is 0 Å². The molecule has 0 spiro atoms. The third kappa shape index (κ3) is 1.85. The van der Waals surface area contributed by atoms with E-state index in [9.17, 15) is 0 Å². The van der Waals surface area contributed by atoms with Crippen LogP contribution in [0, 0.1) is 6.92 Å². The molecular weight excluding hydrogens is 218 g/mol. The van der Waals surface area contributed by atoms with E-state index in [-0.39, 0.29) is 0 Å². The van der Waals surface area contributed by atoms with Crippen LogP contribution in [0.2, 0.25) is 0 Å². The van der Waals surface area contributed by atoms with Gasteiger partial charge in [0.05, 0.1) is 0 Å². The van der Waals surface area contributed by atoms with E-state index >= 15 is 0 Å². The van der Waals surface area contributed by atoms with Crippen LogP contribution in [0.3, 0.4) is 0 Å². The highest BCUT2D eigenvalue weighted by molar-refractivity contribution is 5.78. The van der Waals surface area contributed by atoms with E-state index < -0.39 is 0 Å². The average molecular weight is 237 g/mol. The summed E-state index contributed by atoms with van der Waals surface area (Å²) in [4.78, 5) is 2.24. The molecule has 18 heavy (non-hydrogen) atoms. The molecule has 92 valence electrons. The molecule has 2 aromatic carbocycles. The molecule has 0 saturated heterocycles. The summed E-state index contributed by atoms with van der Waals surface area (Å²) in [6, 6.07) is 13.5. The first-order chi connectivity index (χ1) is 8.65. The Balaban J connectivity index is 2.12. The van der Waals surface area contributed by atoms with Gasteiger partial charge in [-0.25, -0.2) is 0 Å². The summed E-state index contributed by atoms with van der Waals surface area (Å²) in [5.74, 6) is 0. The van der Waals surface area contributed by atoms with Gasteiger partial charge in [0.2, 0.25) is 0 Å². The second-order valence-electron chi connectivity index (χ2n) is 5.52. The van der Waals surface area contributed by atoms with E-state index in [0.717, 1.165) is 13.0 Å². The number of benzene rings is 2. The van der Waals surface area contributed by atoms with Gasteiger partial charge in [-0.1, -0.05) is 42.0 Å². The lowest BCUT2D eigenvalue weighted by Gasteiger charge is -2.13. The molecule has 0 fully saturated rings. The lowest BCUT2D eigenvalue weighted by atomic mass is 10.0. The highest BCUT2D eigenvalue weighted by atomic mass is 15.0. The highest BCUT2D eigenvalue weighted by Gasteiger charge is 2.20. The Bertz CT molecular complexity index is 597. The van der Waals surface area contributed by atoms with Crippen molar-refractivity contribution in [3.63, 3.8) is 0 Å². The van der Waals surface area contributed by atoms with Crippen LogP contribution in [0.1, 0.15) is 22.3 Å². The van der Waals surface area contributed by atoms with Crippen LogP contribution in [0.25, 0.3) is 11.1 Å². The summed E-state index contributed by atoms with van der Waals surface area (Å²) in [6.45, 7) is 3.19. The van der Waals surface area contributed by atoms with Gasteiger partial charge in [0.15, 0.2) is 0 Å². The molecule has 2 aromatic rings. The van der Waals surface area contributed by atoms with Crippen LogP contribution in [0.4, 0.5) is 0 Å². The molecule has 1 heteroatoms. The van der Waals surface area contributed by atoms with Crippen molar-refractivity contribution in [3.05, 3.63) is 58.7 Å². The van der Waals surface area contributed by atoms with Gasteiger partial charge >= 0.3 is 0 Å². The molecule has 1 aliphatic carbocycles. The van der Waals surface area contributed by atoms with E-state index in [0.29, 0.717) is 0 Å². The van der Waals surface area contributed by atoms with Crippen LogP contribution in [0.15, 0.2) is 36.4 Å². The van der Waals surface area contributed by atoms with Gasteiger partial charge in [-0.05, 0) is 55.3 Å². The number of hydrogen-bond donors (Lipinski definition) is 0. The Morgan fingerprint density at radius 1 is 1.06 bits per heavy atom. The molecule has 1 nitrogen and oxygen atoms in total. The molecule has 0 heterocycles. The zero-order valence-electron chi connectivity index (χ0n) is 11.3. The first-order valence-corrected chi connectivity index (χ1v) is 6.50. The van der Waals surface area contributed by atoms with Crippen molar-refractivity contribution in [2.45, 2.75) is 19.9 Å². The van der Waals surface area contributed by atoms with Crippen molar-refractivity contribution in [1.29, 1.82) is 0 Å². The zero-order chi connectivity index (χ0) is 12.7. The van der Waals surface area contributed by atoms with Gasteiger partial charge in [0, 0.05) is 6.54 Å². The third-order valence-corrected chi connectivity index (χ3v) is 3.68. The smallest absolute Gasteiger partial charge is 0.0230 e. The van der Waals surface area contributed by atoms with Crippen LogP contribution in [-0.2, 0) is 13.0 Å². The molecule has 0 amide bonds. The van der Waals surface area contributed by atoms with Crippen molar-refractivity contribution in [2.75, 3.05) is 14.1 Å². The van der Waals surface area contributed by atoms with Crippen molar-refractivity contribution in [3.8, 4) is 11.1 Å². The average Bonchev–Trinajstić information content (AvgIpc) is 2.68. The Labute approximate surface area is 109 Å². The number of fused-ring (bicyclic) bond motifs is 3. The van der Waals surface area contributed by atoms with Crippen LogP contribution in [-0.4, -0.2) is 19.0 Å². The highest BCUT2D eigenvalue weighted by Crippen LogP contribution is 2.38. The number of rotatable bonds is 2. The monoisotopic (exact) mass is 237 g/mol. The topological polar surface area (TPSA) is 3.24 Å². The van der Waals surface area contributed by atoms with Gasteiger partial charge in [-0.3, -0.25) is 0 Å². The maximum Gasteiger partial charge on any atom is 0.0230 e. The first kappa shape index (κ1) is 11.5. The normalized spacial score (nSPS) is 12.7. The minimum absolute atomic E-state index is 1.02. The van der Waals surface area contributed by atoms with Gasteiger partial charge in [0.1, 0.15) is 0 Å². The lowest BCUT2D eigenvalue weighted by molar-refractivity contribution is 0.401. The van der Waals surface area contributed by atoms with Crippen LogP contribution in [0.5, 0.6) is 0 Å². The Kier molecular flexibility index (Phi) is 2.71. The van der Waals surface area contributed by atoms with Crippen molar-refractivity contribution >= 4 is 0 Å². The number of aryl methyl sites for hydroxylation is 1. The van der Waals surface area contributed by atoms with E-state index in [1.807, 2.05) is 0 Å². The third-order valence-electron chi connectivity index (χ3n) is 3.68. The SMILES string of the molecule is Cc1ccc2c(c1)-c1cccc(CN(C)C)c1C2. The lowest BCUT2D eigenvalue weighted by Crippen LogP contribution is -2.12. The molecule has 0 atom stereocenters. The van der Waals surface area contributed by atoms with Gasteiger partial charge in [-0.15, -0.1) is 0 Å². The fourth-order valence-electron chi connectivity index (χ4n) is 2.87. The Morgan fingerprint density at radius 3 is 2.67 bits per heavy atom. The summed E-state index contributed by atoms with van der Waals surface area (Å²) >= 11 is 0. The van der Waals surface area contributed by atoms with Crippen LogP contribution >= 0.6 is 0 Å². The molecular formula is C17H19N. The molecule has 3 rings (SSSR count). The molecule has 0 saturated carbocycles. The molecule has 0 unspecified atom stereocenters. The maximum absolute atomic E-state index is 2.32. The Morgan fingerprint density at radius 2 is 1.89 bits per heavy atom. The van der Waals surface area contributed by atoms with E-state index in [1.54, 1.807) is 0 Å². The zero-order valence-corrected chi connectivity index (χ0v) is 11.3. The largest absolute Gasteiger partial charge is 0.305 e. The van der Waals surface area contributed by atoms with E-state index in [4.69, 9.17) is 0 Å². The predicted octanol–water partition coefficient (Wildman–Crippen LogP) is 3.63. The summed E-state index contributed by atoms with van der Waals surface area (Å²) in [7, 11) is 4.26. The minimum Gasteiger partial charge on any atom is -0.305 e. The Hall–Kier alpha value is -1.60. The summed E-state index contributed by atoms with van der Waals surface area (Å²) in [6.07, 6.45) is 1.09. The van der Waals surface area contributed by atoms with Crippen molar-refractivity contribution in [2.24, 2.45) is 0 Å². The standard InChI is InChI=1S/C17H19N/c1-12-7-8-13-10-17-14(11-18(2)3)5-4-6-15(17)16(13)9-12/h4-9H,10-11H2,1-3H3. The molecule has 0 radical (unpaired) electrons. The second kappa shape index (κ2) is 4.25. The molecule has 0 aliphatic heterocycles. The summed E-state index contributed by atoms with van der Waals surface area (Å²) in [5, 5.41) is 0. The molecule has 0 bridgehead atoms. The second-order valence-corrected chi connectivity index (χ2v) is 5.52. The summed E-state index contributed by atoms with van der Waals surface area (Å²) < 4.78 is 0. The van der Waals surface area contributed by atoms with Gasteiger partial charge in [0.25, 0.3) is 0 Å². The van der Waals surface area contributed by atoms with Crippen molar-refractivity contribution in [1.82, 2.24) is 4.90 Å². The number of nitrogens with zero attached hydrogens (tertiary/aromatic N) is 1. The van der Waals surface area contributed by atoms with Crippen LogP contribution < -0.4 is 0 Å². The fraction of sp³-hybridized carbons (Fsp3) is 0.294. The fourth-order valence-corrected chi connectivity index (χ4v) is 2.87. The van der Waals surface area contributed by atoms with Gasteiger partial charge < -0.3 is 4.90 Å². The predicted molar refractivity (Wildman–Crippen MR) is 76.8 cm³/mol. The molecule has 0 N–H and O–H groups in total. The molecule has 1 aliphatic rings. The quantitative estimate of drug-likeness (QED) is 0.658.